The highest BCUT2D eigenvalue weighted by Crippen LogP contribution is 2.37. The third-order valence-corrected chi connectivity index (χ3v) is 3.15. The minimum Gasteiger partial charge on any atom is -0.497 e. The first kappa shape index (κ1) is 12.6. The predicted octanol–water partition coefficient (Wildman–Crippen LogP) is 3.59. The Bertz CT molecular complexity index is 341. The molecule has 1 rings (SSSR count). The van der Waals surface area contributed by atoms with Gasteiger partial charge in [0, 0.05) is 11.1 Å². The SMILES string of the molecule is CCC(C)(N)c1c(Cl)cc(OC)cc1Cl. The lowest BCUT2D eigenvalue weighted by Gasteiger charge is -2.26. The highest BCUT2D eigenvalue weighted by Gasteiger charge is 2.25. The van der Waals surface area contributed by atoms with Gasteiger partial charge in [-0.25, -0.2) is 0 Å². The van der Waals surface area contributed by atoms with Crippen LogP contribution in [0.5, 0.6) is 5.75 Å². The third kappa shape index (κ3) is 2.57. The molecular weight excluding hydrogens is 233 g/mol. The second-order valence-electron chi connectivity index (χ2n) is 3.74. The zero-order valence-corrected chi connectivity index (χ0v) is 10.6. The van der Waals surface area contributed by atoms with Gasteiger partial charge in [-0.15, -0.1) is 0 Å². The van der Waals surface area contributed by atoms with E-state index in [0.29, 0.717) is 15.8 Å². The number of hydrogen-bond acceptors (Lipinski definition) is 2. The van der Waals surface area contributed by atoms with Crippen molar-refractivity contribution in [2.24, 2.45) is 5.73 Å². The lowest BCUT2D eigenvalue weighted by Crippen LogP contribution is -2.32. The Balaban J connectivity index is 3.31. The Morgan fingerprint density at radius 2 is 1.80 bits per heavy atom. The molecule has 0 aliphatic carbocycles. The van der Waals surface area contributed by atoms with Crippen molar-refractivity contribution in [1.29, 1.82) is 0 Å². The monoisotopic (exact) mass is 247 g/mol. The van der Waals surface area contributed by atoms with Gasteiger partial charge in [0.15, 0.2) is 0 Å². The van der Waals surface area contributed by atoms with Crippen LogP contribution in [0, 0.1) is 0 Å². The summed E-state index contributed by atoms with van der Waals surface area (Å²) >= 11 is 12.3. The normalized spacial score (nSPS) is 14.8. The standard InChI is InChI=1S/C11H15Cl2NO/c1-4-11(2,14)10-8(12)5-7(15-3)6-9(10)13/h5-6H,4,14H2,1-3H3. The van der Waals surface area contributed by atoms with Crippen molar-refractivity contribution in [3.8, 4) is 5.75 Å². The highest BCUT2D eigenvalue weighted by molar-refractivity contribution is 6.36. The molecule has 0 saturated carbocycles. The molecule has 0 saturated heterocycles. The molecule has 1 atom stereocenters. The van der Waals surface area contributed by atoms with Crippen LogP contribution in [0.1, 0.15) is 25.8 Å². The van der Waals surface area contributed by atoms with Crippen molar-refractivity contribution in [2.75, 3.05) is 7.11 Å². The van der Waals surface area contributed by atoms with Crippen molar-refractivity contribution in [3.63, 3.8) is 0 Å². The Morgan fingerprint density at radius 1 is 1.33 bits per heavy atom. The first-order chi connectivity index (χ1) is 6.92. The van der Waals surface area contributed by atoms with Gasteiger partial charge in [0.25, 0.3) is 0 Å². The predicted molar refractivity (Wildman–Crippen MR) is 64.8 cm³/mol. The zero-order valence-electron chi connectivity index (χ0n) is 9.10. The van der Waals surface area contributed by atoms with Gasteiger partial charge in [-0.05, 0) is 25.5 Å². The summed E-state index contributed by atoms with van der Waals surface area (Å²) < 4.78 is 5.07. The van der Waals surface area contributed by atoms with Gasteiger partial charge in [-0.3, -0.25) is 0 Å². The smallest absolute Gasteiger partial charge is 0.121 e. The fourth-order valence-electron chi connectivity index (χ4n) is 1.39. The first-order valence-electron chi connectivity index (χ1n) is 4.74. The molecular formula is C11H15Cl2NO. The van der Waals surface area contributed by atoms with Crippen LogP contribution in [-0.4, -0.2) is 7.11 Å². The average Bonchev–Trinajstić information content (AvgIpc) is 2.16. The number of benzene rings is 1. The van der Waals surface area contributed by atoms with Gasteiger partial charge >= 0.3 is 0 Å². The molecule has 0 spiro atoms. The Kier molecular flexibility index (Phi) is 3.87. The maximum Gasteiger partial charge on any atom is 0.121 e. The van der Waals surface area contributed by atoms with E-state index in [4.69, 9.17) is 33.7 Å². The molecule has 84 valence electrons. The molecule has 0 bridgehead atoms. The molecule has 0 amide bonds. The van der Waals surface area contributed by atoms with Crippen molar-refractivity contribution in [3.05, 3.63) is 27.7 Å². The van der Waals surface area contributed by atoms with E-state index < -0.39 is 5.54 Å². The summed E-state index contributed by atoms with van der Waals surface area (Å²) in [6.07, 6.45) is 0.763. The van der Waals surface area contributed by atoms with E-state index >= 15 is 0 Å². The Morgan fingerprint density at radius 3 is 2.13 bits per heavy atom. The summed E-state index contributed by atoms with van der Waals surface area (Å²) in [5.74, 6) is 0.639. The molecule has 1 aromatic carbocycles. The maximum absolute atomic E-state index is 6.13. The first-order valence-corrected chi connectivity index (χ1v) is 5.50. The van der Waals surface area contributed by atoms with E-state index in [1.807, 2.05) is 13.8 Å². The lowest BCUT2D eigenvalue weighted by molar-refractivity contribution is 0.413. The quantitative estimate of drug-likeness (QED) is 0.887. The summed E-state index contributed by atoms with van der Waals surface area (Å²) in [6.45, 7) is 3.91. The third-order valence-electron chi connectivity index (χ3n) is 2.56. The fraction of sp³-hybridized carbons (Fsp3) is 0.455. The van der Waals surface area contributed by atoms with Gasteiger partial charge in [0.05, 0.1) is 17.2 Å². The van der Waals surface area contributed by atoms with Crippen molar-refractivity contribution in [1.82, 2.24) is 0 Å². The van der Waals surface area contributed by atoms with Crippen LogP contribution >= 0.6 is 23.2 Å². The molecule has 0 aromatic heterocycles. The molecule has 2 N–H and O–H groups in total. The number of rotatable bonds is 3. The largest absolute Gasteiger partial charge is 0.497 e. The van der Waals surface area contributed by atoms with Gasteiger partial charge < -0.3 is 10.5 Å². The van der Waals surface area contributed by atoms with Gasteiger partial charge in [0.1, 0.15) is 5.75 Å². The molecule has 0 aliphatic heterocycles. The summed E-state index contributed by atoms with van der Waals surface area (Å²) in [5.41, 5.74) is 6.38. The molecule has 15 heavy (non-hydrogen) atoms. The summed E-state index contributed by atoms with van der Waals surface area (Å²) in [4.78, 5) is 0. The molecule has 0 radical (unpaired) electrons. The van der Waals surface area contributed by atoms with E-state index in [9.17, 15) is 0 Å². The minimum absolute atomic E-state index is 0.513. The summed E-state index contributed by atoms with van der Waals surface area (Å²) in [6, 6.07) is 3.45. The van der Waals surface area contributed by atoms with Crippen LogP contribution in [-0.2, 0) is 5.54 Å². The number of ether oxygens (including phenoxy) is 1. The number of methoxy groups -OCH3 is 1. The van der Waals surface area contributed by atoms with Crippen LogP contribution in [0.25, 0.3) is 0 Å². The maximum atomic E-state index is 6.13. The second-order valence-corrected chi connectivity index (χ2v) is 4.55. The number of hydrogen-bond donors (Lipinski definition) is 1. The van der Waals surface area contributed by atoms with Gasteiger partial charge in [-0.2, -0.15) is 0 Å². The topological polar surface area (TPSA) is 35.2 Å². The number of nitrogens with two attached hydrogens (primary N) is 1. The van der Waals surface area contributed by atoms with Crippen LogP contribution in [0.3, 0.4) is 0 Å². The Labute approximate surface area is 100 Å². The van der Waals surface area contributed by atoms with Crippen LogP contribution in [0.4, 0.5) is 0 Å². The Hall–Kier alpha value is -0.440. The van der Waals surface area contributed by atoms with E-state index in [0.717, 1.165) is 12.0 Å². The average molecular weight is 248 g/mol. The minimum atomic E-state index is -0.513. The van der Waals surface area contributed by atoms with Crippen LogP contribution in [0.2, 0.25) is 10.0 Å². The zero-order chi connectivity index (χ0) is 11.6. The fourth-order valence-corrected chi connectivity index (χ4v) is 2.29. The molecule has 0 fully saturated rings. The molecule has 0 aliphatic rings. The van der Waals surface area contributed by atoms with Gasteiger partial charge in [-0.1, -0.05) is 30.1 Å². The van der Waals surface area contributed by atoms with Crippen molar-refractivity contribution < 1.29 is 4.74 Å². The molecule has 0 heterocycles. The van der Waals surface area contributed by atoms with Crippen LogP contribution in [0.15, 0.2) is 12.1 Å². The van der Waals surface area contributed by atoms with Crippen molar-refractivity contribution in [2.45, 2.75) is 25.8 Å². The highest BCUT2D eigenvalue weighted by atomic mass is 35.5. The molecule has 4 heteroatoms. The lowest BCUT2D eigenvalue weighted by atomic mass is 9.90. The number of halogens is 2. The van der Waals surface area contributed by atoms with E-state index in [1.165, 1.54) is 0 Å². The second kappa shape index (κ2) is 4.60. The van der Waals surface area contributed by atoms with Crippen molar-refractivity contribution >= 4 is 23.2 Å². The molecule has 1 unspecified atom stereocenters. The summed E-state index contributed by atoms with van der Waals surface area (Å²) in [7, 11) is 1.57. The molecule has 2 nitrogen and oxygen atoms in total. The molecule has 1 aromatic rings. The van der Waals surface area contributed by atoms with E-state index in [2.05, 4.69) is 0 Å². The summed E-state index contributed by atoms with van der Waals surface area (Å²) in [5, 5.41) is 1.09. The van der Waals surface area contributed by atoms with E-state index in [1.54, 1.807) is 19.2 Å². The van der Waals surface area contributed by atoms with E-state index in [-0.39, 0.29) is 0 Å². The van der Waals surface area contributed by atoms with Crippen LogP contribution < -0.4 is 10.5 Å². The van der Waals surface area contributed by atoms with Gasteiger partial charge in [0.2, 0.25) is 0 Å².